The lowest BCUT2D eigenvalue weighted by molar-refractivity contribution is -0.137. The summed E-state index contributed by atoms with van der Waals surface area (Å²) in [6.07, 6.45) is -1.47. The predicted octanol–water partition coefficient (Wildman–Crippen LogP) is 5.66. The summed E-state index contributed by atoms with van der Waals surface area (Å²) < 4.78 is 42.4. The highest BCUT2D eigenvalue weighted by Crippen LogP contribution is 2.37. The molecule has 5 rings (SSSR count). The summed E-state index contributed by atoms with van der Waals surface area (Å²) in [6.45, 7) is 0. The van der Waals surface area contributed by atoms with Crippen molar-refractivity contribution in [2.24, 2.45) is 0 Å². The number of aromatic amines is 1. The maximum Gasteiger partial charge on any atom is 0.417 e. The van der Waals surface area contributed by atoms with Crippen LogP contribution in [-0.2, 0) is 6.18 Å². The molecule has 0 bridgehead atoms. The quantitative estimate of drug-likeness (QED) is 0.373. The summed E-state index contributed by atoms with van der Waals surface area (Å²) in [4.78, 5) is 17.8. The molecule has 0 unspecified atom stereocenters. The van der Waals surface area contributed by atoms with Crippen LogP contribution < -0.4 is 5.32 Å². The van der Waals surface area contributed by atoms with Crippen molar-refractivity contribution in [1.29, 1.82) is 0 Å². The molecule has 0 atom stereocenters. The van der Waals surface area contributed by atoms with Crippen molar-refractivity contribution < 1.29 is 18.0 Å². The number of carbonyl (C=O) groups is 1. The van der Waals surface area contributed by atoms with Crippen molar-refractivity contribution >= 4 is 17.4 Å². The fraction of sp³-hybridized carbons (Fsp3) is 0.0417. The molecule has 6 nitrogen and oxygen atoms in total. The summed E-state index contributed by atoms with van der Waals surface area (Å²) in [6, 6.07) is 19.4. The Morgan fingerprint density at radius 1 is 0.970 bits per heavy atom. The largest absolute Gasteiger partial charge is 0.417 e. The van der Waals surface area contributed by atoms with Gasteiger partial charge in [-0.3, -0.25) is 14.3 Å². The highest BCUT2D eigenvalue weighted by molar-refractivity contribution is 6.06. The Kier molecular flexibility index (Phi) is 4.93. The number of aromatic nitrogens is 4. The summed E-state index contributed by atoms with van der Waals surface area (Å²) in [7, 11) is 0. The van der Waals surface area contributed by atoms with Crippen LogP contribution in [0.15, 0.2) is 85.2 Å². The van der Waals surface area contributed by atoms with Gasteiger partial charge in [-0.1, -0.05) is 36.4 Å². The molecule has 0 aliphatic carbocycles. The molecule has 0 radical (unpaired) electrons. The van der Waals surface area contributed by atoms with Gasteiger partial charge in [-0.05, 0) is 36.4 Å². The number of hydrogen-bond acceptors (Lipinski definition) is 3. The average molecular weight is 447 g/mol. The molecule has 0 spiro atoms. The summed E-state index contributed by atoms with van der Waals surface area (Å²) >= 11 is 0. The van der Waals surface area contributed by atoms with E-state index < -0.39 is 17.6 Å². The third-order valence-electron chi connectivity index (χ3n) is 5.19. The average Bonchev–Trinajstić information content (AvgIpc) is 3.47. The first-order chi connectivity index (χ1) is 15.9. The number of carbonyl (C=O) groups excluding carboxylic acids is 1. The molecule has 0 aliphatic rings. The third kappa shape index (κ3) is 3.84. The van der Waals surface area contributed by atoms with Crippen LogP contribution in [0.5, 0.6) is 0 Å². The van der Waals surface area contributed by atoms with Crippen molar-refractivity contribution in [3.8, 4) is 22.5 Å². The second-order valence-corrected chi connectivity index (χ2v) is 7.29. The van der Waals surface area contributed by atoms with Gasteiger partial charge in [-0.2, -0.15) is 18.3 Å². The Balaban J connectivity index is 1.58. The van der Waals surface area contributed by atoms with E-state index in [1.165, 1.54) is 18.3 Å². The first kappa shape index (κ1) is 20.5. The Bertz CT molecular complexity index is 1440. The molecule has 5 aromatic rings. The van der Waals surface area contributed by atoms with E-state index in [-0.39, 0.29) is 16.8 Å². The Morgan fingerprint density at radius 3 is 2.48 bits per heavy atom. The Morgan fingerprint density at radius 2 is 1.76 bits per heavy atom. The minimum Gasteiger partial charge on any atom is -0.306 e. The highest BCUT2D eigenvalue weighted by Gasteiger charge is 2.34. The van der Waals surface area contributed by atoms with Gasteiger partial charge < -0.3 is 5.32 Å². The molecule has 0 saturated carbocycles. The summed E-state index contributed by atoms with van der Waals surface area (Å²) in [5, 5.41) is 9.10. The number of rotatable bonds is 4. The summed E-state index contributed by atoms with van der Waals surface area (Å²) in [5.41, 5.74) is 1.18. The smallest absolute Gasteiger partial charge is 0.306 e. The van der Waals surface area contributed by atoms with Crippen molar-refractivity contribution in [1.82, 2.24) is 19.6 Å². The first-order valence-corrected chi connectivity index (χ1v) is 9.96. The van der Waals surface area contributed by atoms with E-state index in [1.54, 1.807) is 22.7 Å². The Labute approximate surface area is 185 Å². The number of halogens is 3. The van der Waals surface area contributed by atoms with Gasteiger partial charge >= 0.3 is 6.18 Å². The maximum atomic E-state index is 13.5. The predicted molar refractivity (Wildman–Crippen MR) is 118 cm³/mol. The third-order valence-corrected chi connectivity index (χ3v) is 5.19. The number of anilines is 1. The van der Waals surface area contributed by atoms with Crippen molar-refractivity contribution in [2.45, 2.75) is 6.18 Å². The van der Waals surface area contributed by atoms with Gasteiger partial charge in [0.1, 0.15) is 17.2 Å². The zero-order valence-corrected chi connectivity index (χ0v) is 17.0. The summed E-state index contributed by atoms with van der Waals surface area (Å²) in [5.74, 6) is -0.142. The number of fused-ring (bicyclic) bond motifs is 1. The number of nitrogens with zero attached hydrogens (tertiary/aromatic N) is 3. The van der Waals surface area contributed by atoms with Gasteiger partial charge in [0, 0.05) is 29.1 Å². The van der Waals surface area contributed by atoms with Gasteiger partial charge in [0.15, 0.2) is 0 Å². The standard InChI is InChI=1S/C24H16F3N5O/c25-24(26,27)18-10-9-16(14-17(18)19-11-12-28-31-19)23(33)30-22-21(15-6-2-1-3-7-15)29-20-8-4-5-13-32(20)22/h1-14H,(H,28,31)(H,30,33). The monoisotopic (exact) mass is 447 g/mol. The first-order valence-electron chi connectivity index (χ1n) is 9.96. The second kappa shape index (κ2) is 7.94. The number of nitrogens with one attached hydrogen (secondary N) is 2. The van der Waals surface area contributed by atoms with Crippen LogP contribution in [0.25, 0.3) is 28.2 Å². The number of amides is 1. The number of pyridine rings is 1. The number of alkyl halides is 3. The van der Waals surface area contributed by atoms with Crippen LogP contribution in [0.1, 0.15) is 15.9 Å². The van der Waals surface area contributed by atoms with E-state index in [2.05, 4.69) is 20.5 Å². The Hall–Kier alpha value is -4.40. The highest BCUT2D eigenvalue weighted by atomic mass is 19.4. The van der Waals surface area contributed by atoms with E-state index in [4.69, 9.17) is 0 Å². The van der Waals surface area contributed by atoms with Gasteiger partial charge in [-0.15, -0.1) is 0 Å². The van der Waals surface area contributed by atoms with E-state index in [0.29, 0.717) is 17.2 Å². The molecule has 3 heterocycles. The molecular weight excluding hydrogens is 431 g/mol. The number of hydrogen-bond donors (Lipinski definition) is 2. The van der Waals surface area contributed by atoms with Crippen LogP contribution in [0, 0.1) is 0 Å². The number of benzene rings is 2. The normalized spacial score (nSPS) is 11.6. The van der Waals surface area contributed by atoms with Crippen LogP contribution >= 0.6 is 0 Å². The van der Waals surface area contributed by atoms with Crippen molar-refractivity contribution in [2.75, 3.05) is 5.32 Å². The molecule has 2 aromatic carbocycles. The second-order valence-electron chi connectivity index (χ2n) is 7.29. The molecular formula is C24H16F3N5O. The molecule has 0 saturated heterocycles. The van der Waals surface area contributed by atoms with Gasteiger partial charge in [-0.25, -0.2) is 4.98 Å². The van der Waals surface area contributed by atoms with Gasteiger partial charge in [0.2, 0.25) is 0 Å². The van der Waals surface area contributed by atoms with Crippen molar-refractivity contribution in [3.63, 3.8) is 0 Å². The lowest BCUT2D eigenvalue weighted by Gasteiger charge is -2.14. The molecule has 33 heavy (non-hydrogen) atoms. The topological polar surface area (TPSA) is 75.1 Å². The fourth-order valence-electron chi connectivity index (χ4n) is 3.65. The SMILES string of the molecule is O=C(Nc1c(-c2ccccc2)nc2ccccn12)c1ccc(C(F)(F)F)c(-c2ccn[nH]2)c1. The maximum absolute atomic E-state index is 13.5. The zero-order valence-electron chi connectivity index (χ0n) is 17.0. The molecule has 0 fully saturated rings. The molecule has 1 amide bonds. The zero-order chi connectivity index (χ0) is 23.0. The lowest BCUT2D eigenvalue weighted by atomic mass is 10.0. The number of H-pyrrole nitrogens is 1. The van der Waals surface area contributed by atoms with Crippen LogP contribution in [0.3, 0.4) is 0 Å². The van der Waals surface area contributed by atoms with Crippen LogP contribution in [-0.4, -0.2) is 25.5 Å². The molecule has 164 valence electrons. The lowest BCUT2D eigenvalue weighted by Crippen LogP contribution is -2.15. The molecule has 9 heteroatoms. The molecule has 2 N–H and O–H groups in total. The minimum absolute atomic E-state index is 0.0671. The van der Waals surface area contributed by atoms with Crippen LogP contribution in [0.2, 0.25) is 0 Å². The minimum atomic E-state index is -4.59. The molecule has 3 aromatic heterocycles. The van der Waals surface area contributed by atoms with E-state index >= 15 is 0 Å². The van der Waals surface area contributed by atoms with E-state index in [9.17, 15) is 18.0 Å². The number of imidazole rings is 1. The van der Waals surface area contributed by atoms with Crippen LogP contribution in [0.4, 0.5) is 19.0 Å². The molecule has 0 aliphatic heterocycles. The van der Waals surface area contributed by atoms with E-state index in [0.717, 1.165) is 17.7 Å². The van der Waals surface area contributed by atoms with Gasteiger partial charge in [0.25, 0.3) is 5.91 Å². The van der Waals surface area contributed by atoms with E-state index in [1.807, 2.05) is 36.4 Å². The van der Waals surface area contributed by atoms with Gasteiger partial charge in [0.05, 0.1) is 11.3 Å². The van der Waals surface area contributed by atoms with Crippen molar-refractivity contribution in [3.05, 3.63) is 96.3 Å². The fourth-order valence-corrected chi connectivity index (χ4v) is 3.65.